The molecule has 1 aromatic heterocycles. The number of rotatable bonds is 1. The van der Waals surface area contributed by atoms with Crippen molar-refractivity contribution in [2.24, 2.45) is 0 Å². The molecule has 0 atom stereocenters. The van der Waals surface area contributed by atoms with Crippen LogP contribution in [-0.2, 0) is 22.4 Å². The average Bonchev–Trinajstić information content (AvgIpc) is 2.78. The Kier molecular flexibility index (Phi) is 3.69. The Labute approximate surface area is 116 Å². The molecule has 2 heterocycles. The van der Waals surface area contributed by atoms with Crippen LogP contribution in [0, 0.1) is 0 Å². The van der Waals surface area contributed by atoms with Crippen LogP contribution in [0.3, 0.4) is 0 Å². The molecule has 110 valence electrons. The van der Waals surface area contributed by atoms with Gasteiger partial charge >= 0.3 is 12.1 Å². The minimum Gasteiger partial charge on any atom is -0.464 e. The fourth-order valence-electron chi connectivity index (χ4n) is 1.96. The quantitative estimate of drug-likeness (QED) is 0.730. The van der Waals surface area contributed by atoms with Crippen molar-refractivity contribution in [1.29, 1.82) is 0 Å². The third-order valence-corrected chi connectivity index (χ3v) is 2.87. The number of ether oxygens (including phenoxy) is 2. The maximum absolute atomic E-state index is 12.0. The van der Waals surface area contributed by atoms with Crippen molar-refractivity contribution in [2.75, 3.05) is 13.7 Å². The van der Waals surface area contributed by atoms with Gasteiger partial charge in [0.05, 0.1) is 13.7 Å². The van der Waals surface area contributed by atoms with Gasteiger partial charge in [0.25, 0.3) is 0 Å². The predicted molar refractivity (Wildman–Crippen MR) is 68.2 cm³/mol. The minimum atomic E-state index is -0.546. The molecular weight excluding hydrogens is 264 g/mol. The van der Waals surface area contributed by atoms with Crippen molar-refractivity contribution in [2.45, 2.75) is 39.3 Å². The van der Waals surface area contributed by atoms with Gasteiger partial charge in [-0.15, -0.1) is 0 Å². The smallest absolute Gasteiger partial charge is 0.410 e. The second-order valence-corrected chi connectivity index (χ2v) is 5.58. The van der Waals surface area contributed by atoms with Gasteiger partial charge in [0.15, 0.2) is 11.5 Å². The van der Waals surface area contributed by atoms with E-state index in [2.05, 4.69) is 9.89 Å². The second-order valence-electron chi connectivity index (χ2n) is 5.58. The van der Waals surface area contributed by atoms with Crippen LogP contribution in [0.4, 0.5) is 4.79 Å². The second kappa shape index (κ2) is 5.15. The average molecular weight is 282 g/mol. The first-order valence-corrected chi connectivity index (χ1v) is 6.35. The minimum absolute atomic E-state index is 0.186. The fourth-order valence-corrected chi connectivity index (χ4v) is 1.96. The normalized spacial score (nSPS) is 14.7. The molecule has 0 aromatic carbocycles. The van der Waals surface area contributed by atoms with Crippen LogP contribution in [0.25, 0.3) is 0 Å². The molecule has 0 fully saturated rings. The van der Waals surface area contributed by atoms with Crippen LogP contribution in [0.5, 0.6) is 0 Å². The fraction of sp³-hybridized carbons (Fsp3) is 0.615. The summed E-state index contributed by atoms with van der Waals surface area (Å²) in [6.07, 6.45) is 0.0851. The van der Waals surface area contributed by atoms with Gasteiger partial charge in [-0.1, -0.05) is 5.16 Å². The van der Waals surface area contributed by atoms with E-state index in [1.807, 2.05) is 20.8 Å². The summed E-state index contributed by atoms with van der Waals surface area (Å²) in [4.78, 5) is 25.0. The van der Waals surface area contributed by atoms with Gasteiger partial charge in [0, 0.05) is 12.1 Å². The van der Waals surface area contributed by atoms with Crippen molar-refractivity contribution in [3.8, 4) is 0 Å². The molecule has 0 saturated carbocycles. The van der Waals surface area contributed by atoms with E-state index in [9.17, 15) is 9.59 Å². The highest BCUT2D eigenvalue weighted by atomic mass is 16.6. The van der Waals surface area contributed by atoms with Crippen LogP contribution in [-0.4, -0.2) is 41.4 Å². The highest BCUT2D eigenvalue weighted by Gasteiger charge is 2.31. The lowest BCUT2D eigenvalue weighted by Gasteiger charge is -2.29. The third-order valence-electron chi connectivity index (χ3n) is 2.87. The first kappa shape index (κ1) is 14.4. The van der Waals surface area contributed by atoms with Gasteiger partial charge < -0.3 is 18.9 Å². The Morgan fingerprint density at radius 2 is 2.05 bits per heavy atom. The first-order chi connectivity index (χ1) is 9.31. The van der Waals surface area contributed by atoms with Crippen LogP contribution >= 0.6 is 0 Å². The number of nitrogens with zero attached hydrogens (tertiary/aromatic N) is 2. The molecule has 1 aromatic rings. The van der Waals surface area contributed by atoms with Gasteiger partial charge in [0.1, 0.15) is 5.60 Å². The largest absolute Gasteiger partial charge is 0.464 e. The van der Waals surface area contributed by atoms with E-state index in [-0.39, 0.29) is 12.2 Å². The molecule has 0 spiro atoms. The molecule has 1 amide bonds. The highest BCUT2D eigenvalue weighted by molar-refractivity contribution is 5.89. The van der Waals surface area contributed by atoms with E-state index in [1.165, 1.54) is 12.0 Å². The lowest BCUT2D eigenvalue weighted by molar-refractivity contribution is 0.0205. The van der Waals surface area contributed by atoms with Crippen molar-refractivity contribution < 1.29 is 23.6 Å². The summed E-state index contributed by atoms with van der Waals surface area (Å²) in [6.45, 7) is 6.12. The lowest BCUT2D eigenvalue weighted by atomic mass is 10.1. The summed E-state index contributed by atoms with van der Waals surface area (Å²) in [7, 11) is 1.29. The Morgan fingerprint density at radius 1 is 1.35 bits per heavy atom. The van der Waals surface area contributed by atoms with Gasteiger partial charge in [-0.2, -0.15) is 0 Å². The number of hydrogen-bond acceptors (Lipinski definition) is 6. The van der Waals surface area contributed by atoms with Gasteiger partial charge in [-0.05, 0) is 27.2 Å². The Hall–Kier alpha value is -2.05. The van der Waals surface area contributed by atoms with E-state index in [4.69, 9.17) is 9.26 Å². The van der Waals surface area contributed by atoms with E-state index in [0.717, 1.165) is 0 Å². The Bertz CT molecular complexity index is 529. The van der Waals surface area contributed by atoms with E-state index >= 15 is 0 Å². The number of hydrogen-bond donors (Lipinski definition) is 0. The summed E-state index contributed by atoms with van der Waals surface area (Å²) in [5, 5.41) is 3.71. The molecule has 0 N–H and O–H groups in total. The maximum Gasteiger partial charge on any atom is 0.410 e. The molecule has 0 aliphatic carbocycles. The van der Waals surface area contributed by atoms with Gasteiger partial charge in [-0.3, -0.25) is 0 Å². The van der Waals surface area contributed by atoms with Crippen molar-refractivity contribution in [3.63, 3.8) is 0 Å². The Balaban J connectivity index is 2.11. The summed E-state index contributed by atoms with van der Waals surface area (Å²) in [5.74, 6) is -0.0248. The summed E-state index contributed by atoms with van der Waals surface area (Å²) >= 11 is 0. The number of aromatic nitrogens is 1. The van der Waals surface area contributed by atoms with Crippen molar-refractivity contribution in [3.05, 3.63) is 17.0 Å². The maximum atomic E-state index is 12.0. The van der Waals surface area contributed by atoms with Crippen LogP contribution in [0.1, 0.15) is 42.6 Å². The number of methoxy groups -OCH3 is 1. The zero-order chi connectivity index (χ0) is 14.9. The van der Waals surface area contributed by atoms with Crippen LogP contribution in [0.2, 0.25) is 0 Å². The van der Waals surface area contributed by atoms with Crippen molar-refractivity contribution in [1.82, 2.24) is 10.1 Å². The van der Waals surface area contributed by atoms with Crippen LogP contribution < -0.4 is 0 Å². The van der Waals surface area contributed by atoms with Gasteiger partial charge in [-0.25, -0.2) is 9.59 Å². The summed E-state index contributed by atoms with van der Waals surface area (Å²) in [6, 6.07) is 0. The molecule has 0 radical (unpaired) electrons. The van der Waals surface area contributed by atoms with Gasteiger partial charge in [0.2, 0.25) is 0 Å². The number of carbonyl (C=O) groups is 2. The van der Waals surface area contributed by atoms with E-state index in [0.29, 0.717) is 24.3 Å². The molecule has 0 bridgehead atoms. The lowest BCUT2D eigenvalue weighted by Crippen LogP contribution is -2.39. The Morgan fingerprint density at radius 3 is 2.65 bits per heavy atom. The van der Waals surface area contributed by atoms with E-state index in [1.54, 1.807) is 0 Å². The number of carbonyl (C=O) groups excluding carboxylic acids is 2. The summed E-state index contributed by atoms with van der Waals surface area (Å²) < 4.78 is 15.1. The number of fused-ring (bicyclic) bond motifs is 1. The number of amides is 1. The third kappa shape index (κ3) is 2.92. The zero-order valence-corrected chi connectivity index (χ0v) is 12.1. The highest BCUT2D eigenvalue weighted by Crippen LogP contribution is 2.24. The molecule has 0 saturated heterocycles. The summed E-state index contributed by atoms with van der Waals surface area (Å²) in [5.41, 5.74) is 0.346. The predicted octanol–water partition coefficient (Wildman–Crippen LogP) is 1.75. The zero-order valence-electron chi connectivity index (χ0n) is 12.1. The molecule has 20 heavy (non-hydrogen) atoms. The van der Waals surface area contributed by atoms with E-state index < -0.39 is 17.7 Å². The molecule has 1 aliphatic heterocycles. The molecule has 7 nitrogen and oxygen atoms in total. The molecule has 2 rings (SSSR count). The molecule has 0 unspecified atom stereocenters. The first-order valence-electron chi connectivity index (χ1n) is 6.35. The molecule has 7 heteroatoms. The molecule has 1 aliphatic rings. The molecular formula is C13H18N2O5. The number of esters is 1. The monoisotopic (exact) mass is 282 g/mol. The topological polar surface area (TPSA) is 81.9 Å². The SMILES string of the molecule is COC(=O)c1noc2c1CCN(C(=O)OC(C)(C)C)C2. The van der Waals surface area contributed by atoms with Crippen LogP contribution in [0.15, 0.2) is 4.52 Å². The standard InChI is InChI=1S/C13H18N2O5/c1-13(2,3)19-12(17)15-6-5-8-9(7-15)20-14-10(8)11(16)18-4/h5-7H2,1-4H3. The van der Waals surface area contributed by atoms with Crippen molar-refractivity contribution >= 4 is 12.1 Å².